The number of nitrogens with two attached hydrogens (primary N) is 2. The van der Waals surface area contributed by atoms with Crippen LogP contribution < -0.4 is 16.8 Å². The van der Waals surface area contributed by atoms with Crippen molar-refractivity contribution in [1.29, 1.82) is 0 Å². The molecular formula is C13H18N4O2. The molecule has 2 heterocycles. The largest absolute Gasteiger partial charge is 0.376 e. The highest BCUT2D eigenvalue weighted by atomic mass is 16.5. The average Bonchev–Trinajstić information content (AvgIpc) is 2.44. The van der Waals surface area contributed by atoms with Gasteiger partial charge in [0.25, 0.3) is 5.91 Å². The van der Waals surface area contributed by atoms with E-state index in [0.29, 0.717) is 17.3 Å². The van der Waals surface area contributed by atoms with Crippen molar-refractivity contribution < 1.29 is 9.53 Å². The van der Waals surface area contributed by atoms with E-state index in [2.05, 4.69) is 10.3 Å². The number of aromatic nitrogens is 1. The van der Waals surface area contributed by atoms with Gasteiger partial charge in [-0.05, 0) is 25.0 Å². The van der Waals surface area contributed by atoms with E-state index in [9.17, 15) is 4.79 Å². The topological polar surface area (TPSA) is 103 Å². The van der Waals surface area contributed by atoms with Crippen molar-refractivity contribution in [2.75, 3.05) is 11.9 Å². The second kappa shape index (κ2) is 4.79. The summed E-state index contributed by atoms with van der Waals surface area (Å²) >= 11 is 0. The van der Waals surface area contributed by atoms with Crippen LogP contribution >= 0.6 is 0 Å². The summed E-state index contributed by atoms with van der Waals surface area (Å²) < 4.78 is 5.75. The molecule has 3 rings (SSSR count). The Balaban J connectivity index is 1.77. The molecule has 0 spiro atoms. The fourth-order valence-corrected chi connectivity index (χ4v) is 3.00. The average molecular weight is 262 g/mol. The number of pyridine rings is 1. The van der Waals surface area contributed by atoms with E-state index in [1.165, 1.54) is 0 Å². The van der Waals surface area contributed by atoms with Crippen LogP contribution in [-0.4, -0.2) is 35.7 Å². The predicted octanol–water partition coefficient (Wildman–Crippen LogP) is 0.0971. The normalized spacial score (nSPS) is 33.1. The molecule has 102 valence electrons. The highest BCUT2D eigenvalue weighted by Gasteiger charge is 2.50. The van der Waals surface area contributed by atoms with Crippen LogP contribution in [0.3, 0.4) is 0 Å². The van der Waals surface area contributed by atoms with Crippen molar-refractivity contribution >= 4 is 11.7 Å². The minimum Gasteiger partial charge on any atom is -0.376 e. The van der Waals surface area contributed by atoms with E-state index >= 15 is 0 Å². The van der Waals surface area contributed by atoms with Gasteiger partial charge in [0.2, 0.25) is 0 Å². The minimum absolute atomic E-state index is 0.00157. The van der Waals surface area contributed by atoms with E-state index in [0.717, 1.165) is 19.4 Å². The summed E-state index contributed by atoms with van der Waals surface area (Å²) in [7, 11) is 0. The molecule has 0 radical (unpaired) electrons. The number of hydrogen-bond acceptors (Lipinski definition) is 5. The lowest BCUT2D eigenvalue weighted by atomic mass is 9.68. The SMILES string of the molecule is NC(=O)c1cccnc1NC1C(N)C2CCCOC21. The molecule has 5 N–H and O–H groups in total. The van der Waals surface area contributed by atoms with Crippen LogP contribution in [0.15, 0.2) is 18.3 Å². The van der Waals surface area contributed by atoms with Gasteiger partial charge in [-0.2, -0.15) is 0 Å². The van der Waals surface area contributed by atoms with E-state index in [1.54, 1.807) is 18.3 Å². The number of anilines is 1. The molecule has 1 aromatic heterocycles. The summed E-state index contributed by atoms with van der Waals surface area (Å²) in [6.45, 7) is 0.775. The summed E-state index contributed by atoms with van der Waals surface area (Å²) in [5.41, 5.74) is 11.9. The number of nitrogens with zero attached hydrogens (tertiary/aromatic N) is 1. The zero-order valence-electron chi connectivity index (χ0n) is 10.6. The van der Waals surface area contributed by atoms with Crippen molar-refractivity contribution in [3.8, 4) is 0 Å². The molecule has 1 amide bonds. The Kier molecular flexibility index (Phi) is 3.12. The van der Waals surface area contributed by atoms with Gasteiger partial charge in [0.1, 0.15) is 5.82 Å². The van der Waals surface area contributed by atoms with Crippen LogP contribution in [0, 0.1) is 5.92 Å². The third-order valence-electron chi connectivity index (χ3n) is 4.05. The van der Waals surface area contributed by atoms with Gasteiger partial charge >= 0.3 is 0 Å². The van der Waals surface area contributed by atoms with Gasteiger partial charge in [-0.15, -0.1) is 0 Å². The molecule has 6 nitrogen and oxygen atoms in total. The number of nitrogens with one attached hydrogen (secondary N) is 1. The van der Waals surface area contributed by atoms with Crippen molar-refractivity contribution in [3.63, 3.8) is 0 Å². The van der Waals surface area contributed by atoms with Gasteiger partial charge < -0.3 is 21.5 Å². The second-order valence-electron chi connectivity index (χ2n) is 5.15. The molecule has 2 aliphatic rings. The van der Waals surface area contributed by atoms with Gasteiger partial charge in [0.05, 0.1) is 17.7 Å². The molecule has 1 aromatic rings. The Labute approximate surface area is 111 Å². The summed E-state index contributed by atoms with van der Waals surface area (Å²) in [5.74, 6) is 0.402. The lowest BCUT2D eigenvalue weighted by Gasteiger charge is -2.52. The molecule has 1 aliphatic heterocycles. The van der Waals surface area contributed by atoms with Crippen LogP contribution in [0.4, 0.5) is 5.82 Å². The first kappa shape index (κ1) is 12.4. The number of carbonyl (C=O) groups is 1. The summed E-state index contributed by atoms with van der Waals surface area (Å²) in [5, 5.41) is 3.22. The van der Waals surface area contributed by atoms with Crippen molar-refractivity contribution in [2.24, 2.45) is 17.4 Å². The second-order valence-corrected chi connectivity index (χ2v) is 5.15. The third-order valence-corrected chi connectivity index (χ3v) is 4.05. The first-order chi connectivity index (χ1) is 9.18. The number of amides is 1. The van der Waals surface area contributed by atoms with Crippen molar-refractivity contribution in [1.82, 2.24) is 4.98 Å². The molecule has 1 aliphatic carbocycles. The molecule has 4 unspecified atom stereocenters. The van der Waals surface area contributed by atoms with Crippen LogP contribution in [0.5, 0.6) is 0 Å². The molecule has 6 heteroatoms. The molecule has 4 atom stereocenters. The molecule has 2 fully saturated rings. The van der Waals surface area contributed by atoms with E-state index in [1.807, 2.05) is 0 Å². The molecule has 1 saturated carbocycles. The van der Waals surface area contributed by atoms with Crippen LogP contribution in [0.25, 0.3) is 0 Å². The first-order valence-corrected chi connectivity index (χ1v) is 6.57. The Bertz CT molecular complexity index is 493. The van der Waals surface area contributed by atoms with Gasteiger partial charge in [0, 0.05) is 24.8 Å². The summed E-state index contributed by atoms with van der Waals surface area (Å²) in [4.78, 5) is 15.5. The smallest absolute Gasteiger partial charge is 0.252 e. The van der Waals surface area contributed by atoms with Gasteiger partial charge in [-0.3, -0.25) is 4.79 Å². The van der Waals surface area contributed by atoms with Crippen LogP contribution in [0.2, 0.25) is 0 Å². The standard InChI is InChI=1S/C13H18N4O2/c14-9-7-4-2-6-19-11(7)10(9)17-13-8(12(15)18)3-1-5-16-13/h1,3,5,7,9-11H,2,4,6,14H2,(H2,15,18)(H,16,17). The fraction of sp³-hybridized carbons (Fsp3) is 0.538. The zero-order valence-corrected chi connectivity index (χ0v) is 10.6. The maximum absolute atomic E-state index is 11.4. The predicted molar refractivity (Wildman–Crippen MR) is 70.6 cm³/mol. The molecular weight excluding hydrogens is 244 g/mol. The van der Waals surface area contributed by atoms with Gasteiger partial charge in [-0.25, -0.2) is 4.98 Å². The Morgan fingerprint density at radius 2 is 2.37 bits per heavy atom. The third kappa shape index (κ3) is 2.06. The lowest BCUT2D eigenvalue weighted by molar-refractivity contribution is -0.104. The van der Waals surface area contributed by atoms with E-state index in [-0.39, 0.29) is 18.2 Å². The highest BCUT2D eigenvalue weighted by molar-refractivity contribution is 5.97. The maximum Gasteiger partial charge on any atom is 0.252 e. The summed E-state index contributed by atoms with van der Waals surface area (Å²) in [6.07, 6.45) is 3.91. The number of carbonyl (C=O) groups excluding carboxylic acids is 1. The van der Waals surface area contributed by atoms with E-state index < -0.39 is 5.91 Å². The van der Waals surface area contributed by atoms with Gasteiger partial charge in [0.15, 0.2) is 0 Å². The molecule has 1 saturated heterocycles. The highest BCUT2D eigenvalue weighted by Crippen LogP contribution is 2.38. The Hall–Kier alpha value is -1.66. The maximum atomic E-state index is 11.4. The number of primary amides is 1. The minimum atomic E-state index is -0.496. The van der Waals surface area contributed by atoms with E-state index in [4.69, 9.17) is 16.2 Å². The quantitative estimate of drug-likeness (QED) is 0.716. The summed E-state index contributed by atoms with van der Waals surface area (Å²) in [6, 6.07) is 3.37. The van der Waals surface area contributed by atoms with Crippen LogP contribution in [0.1, 0.15) is 23.2 Å². The Morgan fingerprint density at radius 1 is 1.53 bits per heavy atom. The lowest BCUT2D eigenvalue weighted by Crippen LogP contribution is -2.69. The fourth-order valence-electron chi connectivity index (χ4n) is 3.00. The molecule has 0 bridgehead atoms. The number of hydrogen-bond donors (Lipinski definition) is 3. The molecule has 19 heavy (non-hydrogen) atoms. The van der Waals surface area contributed by atoms with Gasteiger partial charge in [-0.1, -0.05) is 0 Å². The number of rotatable bonds is 3. The number of ether oxygens (including phenoxy) is 1. The Morgan fingerprint density at radius 3 is 3.16 bits per heavy atom. The molecule has 0 aromatic carbocycles. The van der Waals surface area contributed by atoms with Crippen LogP contribution in [-0.2, 0) is 4.74 Å². The first-order valence-electron chi connectivity index (χ1n) is 6.57. The zero-order chi connectivity index (χ0) is 13.4. The van der Waals surface area contributed by atoms with Crippen molar-refractivity contribution in [3.05, 3.63) is 23.9 Å². The van der Waals surface area contributed by atoms with Crippen molar-refractivity contribution in [2.45, 2.75) is 31.0 Å². The monoisotopic (exact) mass is 262 g/mol. The number of fused-ring (bicyclic) bond motifs is 1.